The lowest BCUT2D eigenvalue weighted by Gasteiger charge is -2.35. The van der Waals surface area contributed by atoms with Crippen molar-refractivity contribution in [3.05, 3.63) is 36.6 Å². The van der Waals surface area contributed by atoms with Crippen molar-refractivity contribution in [1.82, 2.24) is 5.32 Å². The summed E-state index contributed by atoms with van der Waals surface area (Å²) in [5, 5.41) is 3.57. The fourth-order valence-corrected chi connectivity index (χ4v) is 2.38. The zero-order chi connectivity index (χ0) is 14.4. The fourth-order valence-electron chi connectivity index (χ4n) is 2.38. The second kappa shape index (κ2) is 6.82. The van der Waals surface area contributed by atoms with Gasteiger partial charge in [-0.1, -0.05) is 58.6 Å². The summed E-state index contributed by atoms with van der Waals surface area (Å²) >= 11 is 0. The lowest BCUT2D eigenvalue weighted by atomic mass is 9.81. The second-order valence-electron chi connectivity index (χ2n) is 6.97. The highest BCUT2D eigenvalue weighted by Crippen LogP contribution is 2.28. The number of rotatable bonds is 6. The number of hydrogen-bond donors (Lipinski definition) is 1. The summed E-state index contributed by atoms with van der Waals surface area (Å²) in [5.41, 5.74) is 1.49. The highest BCUT2D eigenvalue weighted by atomic mass is 15.0. The summed E-state index contributed by atoms with van der Waals surface area (Å²) in [6.45, 7) is 19.7. The van der Waals surface area contributed by atoms with E-state index in [2.05, 4.69) is 65.6 Å². The SMILES string of the molecule is C=C(NC(C)(C)CC(C)(C)C)C(C)/C=C\C=C/C. The van der Waals surface area contributed by atoms with Gasteiger partial charge in [-0.25, -0.2) is 0 Å². The maximum Gasteiger partial charge on any atom is 0.0319 e. The van der Waals surface area contributed by atoms with E-state index in [9.17, 15) is 0 Å². The van der Waals surface area contributed by atoms with E-state index in [-0.39, 0.29) is 5.54 Å². The molecule has 1 unspecified atom stereocenters. The normalized spacial score (nSPS) is 15.3. The van der Waals surface area contributed by atoms with Crippen molar-refractivity contribution in [2.75, 3.05) is 0 Å². The van der Waals surface area contributed by atoms with Gasteiger partial charge in [0.25, 0.3) is 0 Å². The zero-order valence-corrected chi connectivity index (χ0v) is 13.3. The molecule has 0 saturated carbocycles. The molecule has 1 nitrogen and oxygen atoms in total. The van der Waals surface area contributed by atoms with Crippen molar-refractivity contribution < 1.29 is 0 Å². The summed E-state index contributed by atoms with van der Waals surface area (Å²) in [6.07, 6.45) is 9.44. The van der Waals surface area contributed by atoms with Crippen LogP contribution in [0.2, 0.25) is 0 Å². The first-order valence-corrected chi connectivity index (χ1v) is 6.84. The Morgan fingerprint density at radius 2 is 1.72 bits per heavy atom. The van der Waals surface area contributed by atoms with Crippen LogP contribution in [0.1, 0.15) is 54.9 Å². The Kier molecular flexibility index (Phi) is 6.45. The Morgan fingerprint density at radius 3 is 2.17 bits per heavy atom. The minimum Gasteiger partial charge on any atom is -0.383 e. The summed E-state index contributed by atoms with van der Waals surface area (Å²) in [4.78, 5) is 0. The molecule has 0 aromatic carbocycles. The monoisotopic (exact) mass is 249 g/mol. The third kappa shape index (κ3) is 8.16. The Bertz CT molecular complexity index is 313. The molecule has 18 heavy (non-hydrogen) atoms. The number of allylic oxidation sites excluding steroid dienone is 4. The molecular formula is C17H31N. The molecule has 0 heterocycles. The van der Waals surface area contributed by atoms with E-state index in [0.29, 0.717) is 11.3 Å². The van der Waals surface area contributed by atoms with Gasteiger partial charge >= 0.3 is 0 Å². The highest BCUT2D eigenvalue weighted by molar-refractivity contribution is 5.12. The van der Waals surface area contributed by atoms with Crippen LogP contribution in [-0.2, 0) is 0 Å². The summed E-state index contributed by atoms with van der Waals surface area (Å²) in [6, 6.07) is 0. The first kappa shape index (κ1) is 17.0. The molecule has 0 rings (SSSR count). The van der Waals surface area contributed by atoms with Crippen molar-refractivity contribution in [3.8, 4) is 0 Å². The average molecular weight is 249 g/mol. The van der Waals surface area contributed by atoms with Crippen molar-refractivity contribution in [2.24, 2.45) is 11.3 Å². The molecule has 1 N–H and O–H groups in total. The average Bonchev–Trinajstić information content (AvgIpc) is 2.12. The fraction of sp³-hybridized carbons (Fsp3) is 0.647. The third-order valence-electron chi connectivity index (χ3n) is 2.72. The van der Waals surface area contributed by atoms with Crippen LogP contribution in [0.15, 0.2) is 36.6 Å². The highest BCUT2D eigenvalue weighted by Gasteiger charge is 2.25. The van der Waals surface area contributed by atoms with E-state index >= 15 is 0 Å². The predicted octanol–water partition coefficient (Wildman–Crippen LogP) is 5.07. The maximum atomic E-state index is 4.16. The van der Waals surface area contributed by atoms with E-state index < -0.39 is 0 Å². The molecule has 0 aliphatic carbocycles. The zero-order valence-electron chi connectivity index (χ0n) is 13.3. The van der Waals surface area contributed by atoms with Gasteiger partial charge in [-0.15, -0.1) is 0 Å². The van der Waals surface area contributed by atoms with Crippen LogP contribution >= 0.6 is 0 Å². The van der Waals surface area contributed by atoms with Crippen LogP contribution < -0.4 is 5.32 Å². The lowest BCUT2D eigenvalue weighted by Crippen LogP contribution is -2.42. The third-order valence-corrected chi connectivity index (χ3v) is 2.72. The van der Waals surface area contributed by atoms with Crippen LogP contribution in [0.25, 0.3) is 0 Å². The van der Waals surface area contributed by atoms with Gasteiger partial charge < -0.3 is 5.32 Å². The van der Waals surface area contributed by atoms with Crippen LogP contribution in [0.3, 0.4) is 0 Å². The molecule has 1 heteroatoms. The van der Waals surface area contributed by atoms with Crippen LogP contribution in [0, 0.1) is 11.3 Å². The van der Waals surface area contributed by atoms with Gasteiger partial charge in [-0.05, 0) is 32.6 Å². The molecule has 0 amide bonds. The predicted molar refractivity (Wildman–Crippen MR) is 83.5 cm³/mol. The number of nitrogens with one attached hydrogen (secondary N) is 1. The summed E-state index contributed by atoms with van der Waals surface area (Å²) < 4.78 is 0. The van der Waals surface area contributed by atoms with Crippen LogP contribution in [0.4, 0.5) is 0 Å². The van der Waals surface area contributed by atoms with Gasteiger partial charge in [0.1, 0.15) is 0 Å². The Hall–Kier alpha value is -0.980. The van der Waals surface area contributed by atoms with E-state index in [4.69, 9.17) is 0 Å². The molecule has 0 radical (unpaired) electrons. The maximum absolute atomic E-state index is 4.16. The van der Waals surface area contributed by atoms with Crippen LogP contribution in [0.5, 0.6) is 0 Å². The summed E-state index contributed by atoms with van der Waals surface area (Å²) in [7, 11) is 0. The molecule has 0 aromatic rings. The molecule has 1 atom stereocenters. The Balaban J connectivity index is 4.46. The Morgan fingerprint density at radius 1 is 1.17 bits per heavy atom. The van der Waals surface area contributed by atoms with Gasteiger partial charge in [0.05, 0.1) is 0 Å². The second-order valence-corrected chi connectivity index (χ2v) is 6.97. The molecule has 0 aliphatic heterocycles. The van der Waals surface area contributed by atoms with Crippen molar-refractivity contribution in [2.45, 2.75) is 60.4 Å². The van der Waals surface area contributed by atoms with Crippen LogP contribution in [-0.4, -0.2) is 5.54 Å². The minimum atomic E-state index is 0.0814. The van der Waals surface area contributed by atoms with Crippen molar-refractivity contribution >= 4 is 0 Å². The molecule has 0 spiro atoms. The van der Waals surface area contributed by atoms with E-state index in [1.807, 2.05) is 19.1 Å². The van der Waals surface area contributed by atoms with E-state index in [1.165, 1.54) is 0 Å². The minimum absolute atomic E-state index is 0.0814. The lowest BCUT2D eigenvalue weighted by molar-refractivity contribution is 0.252. The van der Waals surface area contributed by atoms with Crippen molar-refractivity contribution in [1.29, 1.82) is 0 Å². The molecule has 0 aromatic heterocycles. The molecular weight excluding hydrogens is 218 g/mol. The summed E-state index contributed by atoms with van der Waals surface area (Å²) in [5.74, 6) is 0.348. The van der Waals surface area contributed by atoms with Gasteiger partial charge in [0.2, 0.25) is 0 Å². The van der Waals surface area contributed by atoms with Gasteiger partial charge in [-0.3, -0.25) is 0 Å². The van der Waals surface area contributed by atoms with Gasteiger partial charge in [-0.2, -0.15) is 0 Å². The molecule has 0 fully saturated rings. The van der Waals surface area contributed by atoms with E-state index in [1.54, 1.807) is 0 Å². The van der Waals surface area contributed by atoms with Crippen molar-refractivity contribution in [3.63, 3.8) is 0 Å². The topological polar surface area (TPSA) is 12.0 Å². The quantitative estimate of drug-likeness (QED) is 0.648. The molecule has 0 bridgehead atoms. The Labute approximate surface area is 114 Å². The number of hydrogen-bond acceptors (Lipinski definition) is 1. The smallest absolute Gasteiger partial charge is 0.0319 e. The molecule has 0 saturated heterocycles. The largest absolute Gasteiger partial charge is 0.383 e. The standard InChI is InChI=1S/C17H31N/c1-9-10-11-12-14(2)15(3)18-17(7,8)13-16(4,5)6/h9-12,14,18H,3,13H2,1-2,4-8H3/b10-9-,12-11-. The first-order valence-electron chi connectivity index (χ1n) is 6.84. The molecule has 104 valence electrons. The molecule has 0 aliphatic rings. The first-order chi connectivity index (χ1) is 8.07. The van der Waals surface area contributed by atoms with Gasteiger partial charge in [0.15, 0.2) is 0 Å². The van der Waals surface area contributed by atoms with Gasteiger partial charge in [0, 0.05) is 17.2 Å². The van der Waals surface area contributed by atoms with E-state index in [0.717, 1.165) is 12.1 Å².